The minimum absolute atomic E-state index is 0.770. The molecule has 1 fully saturated rings. The second-order valence-corrected chi connectivity index (χ2v) is 6.31. The van der Waals surface area contributed by atoms with Gasteiger partial charge in [0.25, 0.3) is 0 Å². The van der Waals surface area contributed by atoms with Crippen LogP contribution < -0.4 is 5.32 Å². The quantitative estimate of drug-likeness (QED) is 0.641. The molecule has 1 aliphatic carbocycles. The normalized spacial score (nSPS) is 26.5. The van der Waals surface area contributed by atoms with Gasteiger partial charge in [-0.05, 0) is 37.6 Å². The monoisotopic (exact) mass is 253 g/mol. The summed E-state index contributed by atoms with van der Waals surface area (Å²) in [7, 11) is 2.17. The zero-order chi connectivity index (χ0) is 13.4. The van der Waals surface area contributed by atoms with Crippen LogP contribution in [0.5, 0.6) is 0 Å². The summed E-state index contributed by atoms with van der Waals surface area (Å²) >= 11 is 0. The van der Waals surface area contributed by atoms with Gasteiger partial charge in [-0.15, -0.1) is 0 Å². The van der Waals surface area contributed by atoms with E-state index in [4.69, 9.17) is 0 Å². The van der Waals surface area contributed by atoms with Gasteiger partial charge in [0.05, 0.1) is 0 Å². The Kier molecular flexibility index (Phi) is 7.97. The average Bonchev–Trinajstić information content (AvgIpc) is 2.43. The van der Waals surface area contributed by atoms with Crippen molar-refractivity contribution in [2.24, 2.45) is 17.8 Å². The molecule has 1 nitrogen and oxygen atoms in total. The summed E-state index contributed by atoms with van der Waals surface area (Å²) < 4.78 is 0. The molecule has 18 heavy (non-hydrogen) atoms. The van der Waals surface area contributed by atoms with Crippen molar-refractivity contribution < 1.29 is 0 Å². The van der Waals surface area contributed by atoms with E-state index in [2.05, 4.69) is 33.1 Å². The molecule has 108 valence electrons. The van der Waals surface area contributed by atoms with Gasteiger partial charge in [-0.3, -0.25) is 0 Å². The van der Waals surface area contributed by atoms with E-state index < -0.39 is 0 Å². The van der Waals surface area contributed by atoms with Crippen LogP contribution >= 0.6 is 0 Å². The Balaban J connectivity index is 2.39. The standard InChI is InChI=1S/C17H35N/c1-5-8-9-14-10-12-16(13-11-14)17(18-4)15(6-2)7-3/h14-18H,5-13H2,1-4H3. The Bertz CT molecular complexity index is 190. The molecule has 1 unspecified atom stereocenters. The molecule has 0 aromatic rings. The molecule has 0 heterocycles. The summed E-state index contributed by atoms with van der Waals surface area (Å²) in [6.45, 7) is 7.02. The molecule has 0 spiro atoms. The lowest BCUT2D eigenvalue weighted by Crippen LogP contribution is -2.41. The molecule has 0 saturated heterocycles. The van der Waals surface area contributed by atoms with Crippen molar-refractivity contribution in [3.8, 4) is 0 Å². The van der Waals surface area contributed by atoms with Gasteiger partial charge >= 0.3 is 0 Å². The number of hydrogen-bond acceptors (Lipinski definition) is 1. The first kappa shape index (κ1) is 16.0. The first-order valence-corrected chi connectivity index (χ1v) is 8.43. The fourth-order valence-corrected chi connectivity index (χ4v) is 3.98. The molecule has 0 amide bonds. The summed E-state index contributed by atoms with van der Waals surface area (Å²) in [5, 5.41) is 3.63. The van der Waals surface area contributed by atoms with E-state index in [0.29, 0.717) is 0 Å². The molecule has 0 bridgehead atoms. The van der Waals surface area contributed by atoms with Crippen molar-refractivity contribution in [3.05, 3.63) is 0 Å². The highest BCUT2D eigenvalue weighted by atomic mass is 14.9. The Labute approximate surface area is 115 Å². The molecule has 0 aliphatic heterocycles. The first-order valence-electron chi connectivity index (χ1n) is 8.43. The topological polar surface area (TPSA) is 12.0 Å². The molecule has 0 radical (unpaired) electrons. The van der Waals surface area contributed by atoms with Gasteiger partial charge in [0.1, 0.15) is 0 Å². The molecular formula is C17H35N. The van der Waals surface area contributed by atoms with E-state index in [0.717, 1.165) is 23.8 Å². The fraction of sp³-hybridized carbons (Fsp3) is 1.00. The van der Waals surface area contributed by atoms with E-state index in [1.54, 1.807) is 0 Å². The molecular weight excluding hydrogens is 218 g/mol. The van der Waals surface area contributed by atoms with Gasteiger partial charge < -0.3 is 5.32 Å². The molecule has 1 aliphatic rings. The van der Waals surface area contributed by atoms with Crippen molar-refractivity contribution >= 4 is 0 Å². The summed E-state index contributed by atoms with van der Waals surface area (Å²) in [5.74, 6) is 2.87. The molecule has 1 atom stereocenters. The Hall–Kier alpha value is -0.0400. The third-order valence-corrected chi connectivity index (χ3v) is 5.26. The summed E-state index contributed by atoms with van der Waals surface area (Å²) in [4.78, 5) is 0. The van der Waals surface area contributed by atoms with Crippen LogP contribution in [0, 0.1) is 17.8 Å². The largest absolute Gasteiger partial charge is 0.316 e. The molecule has 1 heteroatoms. The predicted molar refractivity (Wildman–Crippen MR) is 81.9 cm³/mol. The highest BCUT2D eigenvalue weighted by Gasteiger charge is 2.29. The van der Waals surface area contributed by atoms with Gasteiger partial charge in [0.2, 0.25) is 0 Å². The average molecular weight is 253 g/mol. The maximum Gasteiger partial charge on any atom is 0.0120 e. The van der Waals surface area contributed by atoms with Crippen molar-refractivity contribution in [2.75, 3.05) is 7.05 Å². The summed E-state index contributed by atoms with van der Waals surface area (Å²) in [5.41, 5.74) is 0. The van der Waals surface area contributed by atoms with E-state index in [-0.39, 0.29) is 0 Å². The number of rotatable bonds is 8. The van der Waals surface area contributed by atoms with Gasteiger partial charge in [0, 0.05) is 6.04 Å². The molecule has 0 aromatic carbocycles. The van der Waals surface area contributed by atoms with Crippen molar-refractivity contribution in [2.45, 2.75) is 84.6 Å². The van der Waals surface area contributed by atoms with Gasteiger partial charge in [-0.1, -0.05) is 65.7 Å². The fourth-order valence-electron chi connectivity index (χ4n) is 3.98. The van der Waals surface area contributed by atoms with E-state index in [9.17, 15) is 0 Å². The molecule has 0 aromatic heterocycles. The van der Waals surface area contributed by atoms with E-state index in [1.807, 2.05) is 0 Å². The second kappa shape index (κ2) is 8.96. The van der Waals surface area contributed by atoms with Crippen molar-refractivity contribution in [3.63, 3.8) is 0 Å². The Morgan fingerprint density at radius 3 is 2.06 bits per heavy atom. The zero-order valence-electron chi connectivity index (χ0n) is 13.2. The number of hydrogen-bond donors (Lipinski definition) is 1. The van der Waals surface area contributed by atoms with Crippen LogP contribution in [0.1, 0.15) is 78.6 Å². The SMILES string of the molecule is CCCCC1CCC(C(NC)C(CC)CC)CC1. The van der Waals surface area contributed by atoms with Crippen LogP contribution in [0.4, 0.5) is 0 Å². The minimum atomic E-state index is 0.770. The highest BCUT2D eigenvalue weighted by molar-refractivity contribution is 4.85. The smallest absolute Gasteiger partial charge is 0.0120 e. The summed E-state index contributed by atoms with van der Waals surface area (Å²) in [6, 6.07) is 0.770. The van der Waals surface area contributed by atoms with Crippen LogP contribution in [0.25, 0.3) is 0 Å². The maximum absolute atomic E-state index is 3.63. The lowest BCUT2D eigenvalue weighted by molar-refractivity contribution is 0.173. The Morgan fingerprint density at radius 1 is 1.00 bits per heavy atom. The lowest BCUT2D eigenvalue weighted by Gasteiger charge is -2.37. The van der Waals surface area contributed by atoms with Crippen LogP contribution in [0.2, 0.25) is 0 Å². The minimum Gasteiger partial charge on any atom is -0.316 e. The van der Waals surface area contributed by atoms with E-state index >= 15 is 0 Å². The molecule has 1 rings (SSSR count). The zero-order valence-corrected chi connectivity index (χ0v) is 13.2. The lowest BCUT2D eigenvalue weighted by atomic mass is 9.73. The van der Waals surface area contributed by atoms with Crippen molar-refractivity contribution in [1.29, 1.82) is 0 Å². The molecule has 1 N–H and O–H groups in total. The van der Waals surface area contributed by atoms with Crippen LogP contribution in [0.15, 0.2) is 0 Å². The summed E-state index contributed by atoms with van der Waals surface area (Å²) in [6.07, 6.45) is 12.9. The maximum atomic E-state index is 3.63. The third-order valence-electron chi connectivity index (χ3n) is 5.26. The van der Waals surface area contributed by atoms with Gasteiger partial charge in [0.15, 0.2) is 0 Å². The second-order valence-electron chi connectivity index (χ2n) is 6.31. The van der Waals surface area contributed by atoms with Crippen LogP contribution in [0.3, 0.4) is 0 Å². The first-order chi connectivity index (χ1) is 8.76. The molecule has 1 saturated carbocycles. The van der Waals surface area contributed by atoms with Gasteiger partial charge in [-0.25, -0.2) is 0 Å². The predicted octanol–water partition coefficient (Wildman–Crippen LogP) is 5.01. The number of nitrogens with one attached hydrogen (secondary N) is 1. The highest BCUT2D eigenvalue weighted by Crippen LogP contribution is 2.36. The third kappa shape index (κ3) is 4.57. The number of unbranched alkanes of at least 4 members (excludes halogenated alkanes) is 1. The van der Waals surface area contributed by atoms with Crippen LogP contribution in [-0.4, -0.2) is 13.1 Å². The van der Waals surface area contributed by atoms with Crippen molar-refractivity contribution in [1.82, 2.24) is 5.32 Å². The van der Waals surface area contributed by atoms with Gasteiger partial charge in [-0.2, -0.15) is 0 Å². The van der Waals surface area contributed by atoms with E-state index in [1.165, 1.54) is 57.8 Å². The van der Waals surface area contributed by atoms with Crippen LogP contribution in [-0.2, 0) is 0 Å². The Morgan fingerprint density at radius 2 is 1.61 bits per heavy atom.